The first-order chi connectivity index (χ1) is 12.4. The number of thioether (sulfide) groups is 1. The number of hydrogen-bond donors (Lipinski definition) is 1. The maximum atomic E-state index is 13.8. The summed E-state index contributed by atoms with van der Waals surface area (Å²) < 4.78 is 25.9. The Labute approximate surface area is 163 Å². The largest absolute Gasteiger partial charge is 0.491 e. The Kier molecular flexibility index (Phi) is 6.55. The van der Waals surface area contributed by atoms with E-state index in [4.69, 9.17) is 14.4 Å². The van der Waals surface area contributed by atoms with Gasteiger partial charge in [-0.1, -0.05) is 23.9 Å². The Morgan fingerprint density at radius 1 is 1.22 bits per heavy atom. The van der Waals surface area contributed by atoms with Crippen molar-refractivity contribution in [2.45, 2.75) is 52.2 Å². The minimum atomic E-state index is -1.01. The molecule has 0 amide bonds. The lowest BCUT2D eigenvalue weighted by Crippen LogP contribution is -2.41. The standard InChI is InChI=1S/C19H24BFO5S/c1-12(22)27-11-15(20-25-18(2,3)19(4,5)26-20)8-14-9-16(21)7-6-13(14)10-17(23)24/h6-9H,10-11H2,1-5H3,(H,23,24). The maximum Gasteiger partial charge on any atom is 0.491 e. The van der Waals surface area contributed by atoms with Crippen LogP contribution in [0.2, 0.25) is 0 Å². The Morgan fingerprint density at radius 2 is 1.81 bits per heavy atom. The van der Waals surface area contributed by atoms with Crippen LogP contribution in [0.4, 0.5) is 4.39 Å². The van der Waals surface area contributed by atoms with Crippen LogP contribution in [0.1, 0.15) is 45.7 Å². The van der Waals surface area contributed by atoms with Crippen molar-refractivity contribution in [1.29, 1.82) is 0 Å². The van der Waals surface area contributed by atoms with Crippen molar-refractivity contribution >= 4 is 36.0 Å². The third kappa shape index (κ3) is 5.43. The number of rotatable bonds is 6. The molecule has 27 heavy (non-hydrogen) atoms. The normalized spacial score (nSPS) is 18.6. The van der Waals surface area contributed by atoms with Gasteiger partial charge in [0.25, 0.3) is 0 Å². The summed E-state index contributed by atoms with van der Waals surface area (Å²) in [6.45, 7) is 9.13. The second kappa shape index (κ2) is 8.16. The molecule has 0 saturated carbocycles. The third-order valence-electron chi connectivity index (χ3n) is 4.79. The molecule has 0 bridgehead atoms. The van der Waals surface area contributed by atoms with E-state index in [-0.39, 0.29) is 11.5 Å². The van der Waals surface area contributed by atoms with Crippen LogP contribution in [0.25, 0.3) is 6.08 Å². The van der Waals surface area contributed by atoms with Gasteiger partial charge < -0.3 is 14.4 Å². The van der Waals surface area contributed by atoms with Crippen LogP contribution in [0.3, 0.4) is 0 Å². The van der Waals surface area contributed by atoms with Crippen molar-refractivity contribution in [3.8, 4) is 0 Å². The van der Waals surface area contributed by atoms with E-state index in [1.807, 2.05) is 27.7 Å². The van der Waals surface area contributed by atoms with Gasteiger partial charge in [-0.3, -0.25) is 9.59 Å². The van der Waals surface area contributed by atoms with Crippen LogP contribution in [0, 0.1) is 5.82 Å². The molecule has 1 aromatic carbocycles. The molecule has 0 unspecified atom stereocenters. The molecule has 1 aliphatic heterocycles. The van der Waals surface area contributed by atoms with Crippen LogP contribution in [-0.4, -0.2) is 40.3 Å². The third-order valence-corrected chi connectivity index (χ3v) is 5.67. The summed E-state index contributed by atoms with van der Waals surface area (Å²) in [6, 6.07) is 3.96. The van der Waals surface area contributed by atoms with Crippen molar-refractivity contribution < 1.29 is 28.4 Å². The van der Waals surface area contributed by atoms with Gasteiger partial charge in [-0.2, -0.15) is 0 Å². The lowest BCUT2D eigenvalue weighted by Gasteiger charge is -2.32. The summed E-state index contributed by atoms with van der Waals surface area (Å²) in [5.41, 5.74) is 0.426. The quantitative estimate of drug-likeness (QED) is 0.741. The molecule has 1 heterocycles. The number of hydrogen-bond acceptors (Lipinski definition) is 5. The van der Waals surface area contributed by atoms with E-state index in [9.17, 15) is 14.0 Å². The fraction of sp³-hybridized carbons (Fsp3) is 0.474. The van der Waals surface area contributed by atoms with Crippen molar-refractivity contribution in [3.63, 3.8) is 0 Å². The average Bonchev–Trinajstić information content (AvgIpc) is 2.73. The lowest BCUT2D eigenvalue weighted by molar-refractivity contribution is -0.136. The molecule has 1 saturated heterocycles. The van der Waals surface area contributed by atoms with Crippen molar-refractivity contribution in [1.82, 2.24) is 0 Å². The zero-order valence-corrected chi connectivity index (χ0v) is 17.0. The van der Waals surface area contributed by atoms with Crippen molar-refractivity contribution in [2.75, 3.05) is 5.75 Å². The molecule has 0 radical (unpaired) electrons. The van der Waals surface area contributed by atoms with E-state index in [0.29, 0.717) is 22.4 Å². The summed E-state index contributed by atoms with van der Waals surface area (Å²) in [4.78, 5) is 22.6. The van der Waals surface area contributed by atoms with E-state index in [0.717, 1.165) is 11.8 Å². The molecule has 0 spiro atoms. The van der Waals surface area contributed by atoms with Gasteiger partial charge in [-0.05, 0) is 56.4 Å². The zero-order valence-electron chi connectivity index (χ0n) is 16.2. The fourth-order valence-electron chi connectivity index (χ4n) is 2.58. The van der Waals surface area contributed by atoms with Crippen LogP contribution in [0.15, 0.2) is 23.7 Å². The molecule has 1 N–H and O–H groups in total. The number of halogens is 1. The highest BCUT2D eigenvalue weighted by Gasteiger charge is 2.52. The summed E-state index contributed by atoms with van der Waals surface area (Å²) >= 11 is 1.09. The van der Waals surface area contributed by atoms with Crippen LogP contribution in [0.5, 0.6) is 0 Å². The average molecular weight is 394 g/mol. The van der Waals surface area contributed by atoms with Crippen molar-refractivity contribution in [2.24, 2.45) is 0 Å². The number of carboxylic acid groups (broad SMARTS) is 1. The summed E-state index contributed by atoms with van der Waals surface area (Å²) in [5.74, 6) is -1.18. The van der Waals surface area contributed by atoms with Gasteiger partial charge in [0, 0.05) is 12.7 Å². The monoisotopic (exact) mass is 394 g/mol. The highest BCUT2D eigenvalue weighted by atomic mass is 32.2. The zero-order chi connectivity index (χ0) is 20.4. The Morgan fingerprint density at radius 3 is 2.33 bits per heavy atom. The fourth-order valence-corrected chi connectivity index (χ4v) is 3.17. The molecule has 1 aromatic rings. The Bertz CT molecular complexity index is 759. The second-order valence-electron chi connectivity index (χ2n) is 7.50. The summed E-state index contributed by atoms with van der Waals surface area (Å²) in [5, 5.41) is 9.04. The first-order valence-corrected chi connectivity index (χ1v) is 9.59. The minimum absolute atomic E-state index is 0.0672. The van der Waals surface area contributed by atoms with Crippen molar-refractivity contribution in [3.05, 3.63) is 40.6 Å². The molecule has 0 aromatic heterocycles. The smallest absolute Gasteiger partial charge is 0.481 e. The predicted molar refractivity (Wildman–Crippen MR) is 105 cm³/mol. The molecule has 0 aliphatic carbocycles. The number of carboxylic acids is 1. The van der Waals surface area contributed by atoms with Crippen LogP contribution in [-0.2, 0) is 25.3 Å². The summed E-state index contributed by atoms with van der Waals surface area (Å²) in [7, 11) is -0.706. The molecule has 5 nitrogen and oxygen atoms in total. The number of benzene rings is 1. The van der Waals surface area contributed by atoms with Gasteiger partial charge in [0.05, 0.1) is 17.6 Å². The highest BCUT2D eigenvalue weighted by Crippen LogP contribution is 2.39. The van der Waals surface area contributed by atoms with E-state index in [1.54, 1.807) is 6.08 Å². The minimum Gasteiger partial charge on any atom is -0.481 e. The molecular weight excluding hydrogens is 370 g/mol. The number of carbonyl (C=O) groups is 2. The molecule has 146 valence electrons. The molecule has 0 atom stereocenters. The summed E-state index contributed by atoms with van der Waals surface area (Å²) in [6.07, 6.45) is 1.43. The maximum absolute atomic E-state index is 13.8. The van der Waals surface area contributed by atoms with Gasteiger partial charge in [0.1, 0.15) is 5.82 Å². The SMILES string of the molecule is CC(=O)SCC(=Cc1cc(F)ccc1CC(=O)O)B1OC(C)(C)C(C)(C)O1. The van der Waals surface area contributed by atoms with Gasteiger partial charge in [-0.15, -0.1) is 0 Å². The highest BCUT2D eigenvalue weighted by molar-refractivity contribution is 8.13. The number of aliphatic carboxylic acids is 1. The number of carbonyl (C=O) groups excluding carboxylic acids is 1. The Hall–Kier alpha value is -1.64. The van der Waals surface area contributed by atoms with E-state index < -0.39 is 30.1 Å². The second-order valence-corrected chi connectivity index (χ2v) is 8.65. The van der Waals surface area contributed by atoms with Gasteiger partial charge in [0.15, 0.2) is 5.12 Å². The van der Waals surface area contributed by atoms with E-state index in [2.05, 4.69) is 0 Å². The van der Waals surface area contributed by atoms with Gasteiger partial charge in [0.2, 0.25) is 0 Å². The molecule has 8 heteroatoms. The Balaban J connectivity index is 2.44. The first kappa shape index (κ1) is 21.7. The predicted octanol–water partition coefficient (Wildman–Crippen LogP) is 3.75. The van der Waals surface area contributed by atoms with Gasteiger partial charge >= 0.3 is 13.1 Å². The molecule has 1 fully saturated rings. The molecule has 1 aliphatic rings. The van der Waals surface area contributed by atoms with Gasteiger partial charge in [-0.25, -0.2) is 4.39 Å². The van der Waals surface area contributed by atoms with E-state index in [1.165, 1.54) is 25.1 Å². The van der Waals surface area contributed by atoms with Crippen LogP contribution < -0.4 is 0 Å². The van der Waals surface area contributed by atoms with Crippen LogP contribution >= 0.6 is 11.8 Å². The lowest BCUT2D eigenvalue weighted by atomic mass is 9.78. The first-order valence-electron chi connectivity index (χ1n) is 8.61. The topological polar surface area (TPSA) is 72.8 Å². The van der Waals surface area contributed by atoms with E-state index >= 15 is 0 Å². The molecular formula is C19H24BFO5S. The molecule has 2 rings (SSSR count).